The van der Waals surface area contributed by atoms with E-state index in [-0.39, 0.29) is 0 Å². The van der Waals surface area contributed by atoms with Gasteiger partial charge in [-0.05, 0) is 18.6 Å². The van der Waals surface area contributed by atoms with Crippen molar-refractivity contribution >= 4 is 6.29 Å². The molecular formula is C11H13NO3. The predicted molar refractivity (Wildman–Crippen MR) is 53.6 cm³/mol. The summed E-state index contributed by atoms with van der Waals surface area (Å²) in [6.45, 7) is 3.13. The van der Waals surface area contributed by atoms with Crippen LogP contribution in [0.3, 0.4) is 0 Å². The van der Waals surface area contributed by atoms with Crippen LogP contribution in [0.5, 0.6) is 0 Å². The number of carbonyl (C=O) groups is 1. The fourth-order valence-corrected chi connectivity index (χ4v) is 1.53. The topological polar surface area (TPSA) is 48.4 Å². The molecule has 1 aliphatic rings. The van der Waals surface area contributed by atoms with Crippen LogP contribution in [0.25, 0.3) is 0 Å². The number of hydrogen-bond donors (Lipinski definition) is 0. The SMILES string of the molecule is CCc1ccc(C=O)c(C2OCCO2)n1. The minimum Gasteiger partial charge on any atom is -0.345 e. The highest BCUT2D eigenvalue weighted by atomic mass is 16.7. The smallest absolute Gasteiger partial charge is 0.201 e. The molecule has 2 rings (SSSR count). The zero-order valence-corrected chi connectivity index (χ0v) is 8.60. The highest BCUT2D eigenvalue weighted by molar-refractivity contribution is 5.76. The Balaban J connectivity index is 2.36. The lowest BCUT2D eigenvalue weighted by molar-refractivity contribution is -0.0477. The fourth-order valence-electron chi connectivity index (χ4n) is 1.53. The van der Waals surface area contributed by atoms with Crippen molar-refractivity contribution in [1.82, 2.24) is 4.98 Å². The molecule has 0 aromatic carbocycles. The minimum atomic E-state index is -0.475. The van der Waals surface area contributed by atoms with Crippen LogP contribution in [-0.2, 0) is 15.9 Å². The summed E-state index contributed by atoms with van der Waals surface area (Å²) < 4.78 is 10.7. The quantitative estimate of drug-likeness (QED) is 0.705. The molecule has 0 N–H and O–H groups in total. The molecular weight excluding hydrogens is 194 g/mol. The molecule has 0 bridgehead atoms. The molecule has 4 heteroatoms. The number of nitrogens with zero attached hydrogens (tertiary/aromatic N) is 1. The second-order valence-corrected chi connectivity index (χ2v) is 3.32. The van der Waals surface area contributed by atoms with Crippen molar-refractivity contribution in [2.45, 2.75) is 19.6 Å². The van der Waals surface area contributed by atoms with E-state index >= 15 is 0 Å². The molecule has 1 aromatic rings. The first-order valence-corrected chi connectivity index (χ1v) is 5.03. The number of hydrogen-bond acceptors (Lipinski definition) is 4. The van der Waals surface area contributed by atoms with Gasteiger partial charge in [0.1, 0.15) is 5.69 Å². The van der Waals surface area contributed by atoms with Crippen molar-refractivity contribution in [1.29, 1.82) is 0 Å². The van der Waals surface area contributed by atoms with Gasteiger partial charge in [0, 0.05) is 11.3 Å². The van der Waals surface area contributed by atoms with Gasteiger partial charge in [0.05, 0.1) is 13.2 Å². The van der Waals surface area contributed by atoms with Gasteiger partial charge < -0.3 is 9.47 Å². The molecule has 1 fully saturated rings. The molecule has 0 saturated carbocycles. The van der Waals surface area contributed by atoms with Gasteiger partial charge in [-0.15, -0.1) is 0 Å². The fraction of sp³-hybridized carbons (Fsp3) is 0.455. The molecule has 1 aromatic heterocycles. The third-order valence-corrected chi connectivity index (χ3v) is 2.35. The van der Waals surface area contributed by atoms with E-state index in [9.17, 15) is 4.79 Å². The van der Waals surface area contributed by atoms with Gasteiger partial charge >= 0.3 is 0 Å². The molecule has 15 heavy (non-hydrogen) atoms. The van der Waals surface area contributed by atoms with Crippen molar-refractivity contribution < 1.29 is 14.3 Å². The number of aromatic nitrogens is 1. The summed E-state index contributed by atoms with van der Waals surface area (Å²) in [5, 5.41) is 0. The van der Waals surface area contributed by atoms with Crippen LogP contribution in [0, 0.1) is 0 Å². The maximum atomic E-state index is 10.8. The third kappa shape index (κ3) is 2.06. The van der Waals surface area contributed by atoms with E-state index in [0.717, 1.165) is 18.4 Å². The Kier molecular flexibility index (Phi) is 3.08. The van der Waals surface area contributed by atoms with Crippen molar-refractivity contribution in [3.8, 4) is 0 Å². The maximum Gasteiger partial charge on any atom is 0.201 e. The average molecular weight is 207 g/mol. The molecule has 0 unspecified atom stereocenters. The average Bonchev–Trinajstić information content (AvgIpc) is 2.81. The Morgan fingerprint density at radius 2 is 2.20 bits per heavy atom. The number of aldehydes is 1. The van der Waals surface area contributed by atoms with Crippen molar-refractivity contribution in [3.05, 3.63) is 29.1 Å². The van der Waals surface area contributed by atoms with E-state index < -0.39 is 6.29 Å². The summed E-state index contributed by atoms with van der Waals surface area (Å²) in [6.07, 6.45) is 1.14. The van der Waals surface area contributed by atoms with Gasteiger partial charge in [-0.3, -0.25) is 9.78 Å². The summed E-state index contributed by atoms with van der Waals surface area (Å²) in [6, 6.07) is 3.61. The Labute approximate surface area is 88.2 Å². The molecule has 0 atom stereocenters. The molecule has 0 aliphatic carbocycles. The first kappa shape index (κ1) is 10.3. The second-order valence-electron chi connectivity index (χ2n) is 3.32. The standard InChI is InChI=1S/C11H13NO3/c1-2-9-4-3-8(7-13)10(12-9)11-14-5-6-15-11/h3-4,7,11H,2,5-6H2,1H3. The lowest BCUT2D eigenvalue weighted by atomic mass is 10.1. The van der Waals surface area contributed by atoms with Crippen LogP contribution in [0.15, 0.2) is 12.1 Å². The van der Waals surface area contributed by atoms with Crippen LogP contribution in [0.1, 0.15) is 35.0 Å². The van der Waals surface area contributed by atoms with Crippen molar-refractivity contribution in [3.63, 3.8) is 0 Å². The molecule has 0 amide bonds. The van der Waals surface area contributed by atoms with Gasteiger partial charge in [0.15, 0.2) is 6.29 Å². The minimum absolute atomic E-state index is 0.475. The summed E-state index contributed by atoms with van der Waals surface area (Å²) in [5.41, 5.74) is 2.08. The van der Waals surface area contributed by atoms with E-state index in [0.29, 0.717) is 24.5 Å². The molecule has 2 heterocycles. The van der Waals surface area contributed by atoms with E-state index in [2.05, 4.69) is 4.98 Å². The van der Waals surface area contributed by atoms with Gasteiger partial charge in [-0.1, -0.05) is 6.92 Å². The largest absolute Gasteiger partial charge is 0.345 e. The number of pyridine rings is 1. The van der Waals surface area contributed by atoms with Crippen LogP contribution in [-0.4, -0.2) is 24.5 Å². The number of carbonyl (C=O) groups excluding carboxylic acids is 1. The second kappa shape index (κ2) is 4.51. The first-order chi connectivity index (χ1) is 7.35. The highest BCUT2D eigenvalue weighted by Gasteiger charge is 2.22. The molecule has 1 saturated heterocycles. The van der Waals surface area contributed by atoms with E-state index in [1.165, 1.54) is 0 Å². The summed E-state index contributed by atoms with van der Waals surface area (Å²) >= 11 is 0. The summed E-state index contributed by atoms with van der Waals surface area (Å²) in [4.78, 5) is 15.2. The lowest BCUT2D eigenvalue weighted by Crippen LogP contribution is -2.07. The number of rotatable bonds is 3. The van der Waals surface area contributed by atoms with E-state index in [4.69, 9.17) is 9.47 Å². The van der Waals surface area contributed by atoms with E-state index in [1.807, 2.05) is 13.0 Å². The molecule has 80 valence electrons. The molecule has 4 nitrogen and oxygen atoms in total. The van der Waals surface area contributed by atoms with Gasteiger partial charge in [-0.2, -0.15) is 0 Å². The maximum absolute atomic E-state index is 10.8. The van der Waals surface area contributed by atoms with Gasteiger partial charge in [-0.25, -0.2) is 0 Å². The first-order valence-electron chi connectivity index (χ1n) is 5.03. The Bertz CT molecular complexity index is 359. The Hall–Kier alpha value is -1.26. The highest BCUT2D eigenvalue weighted by Crippen LogP contribution is 2.24. The zero-order chi connectivity index (χ0) is 10.7. The molecule has 1 aliphatic heterocycles. The summed E-state index contributed by atoms with van der Waals surface area (Å²) in [5.74, 6) is 0. The van der Waals surface area contributed by atoms with Crippen LogP contribution in [0.2, 0.25) is 0 Å². The lowest BCUT2D eigenvalue weighted by Gasteiger charge is -2.11. The van der Waals surface area contributed by atoms with E-state index in [1.54, 1.807) is 6.07 Å². The number of ether oxygens (including phenoxy) is 2. The zero-order valence-electron chi connectivity index (χ0n) is 8.60. The molecule has 0 radical (unpaired) electrons. The Morgan fingerprint density at radius 3 is 2.80 bits per heavy atom. The third-order valence-electron chi connectivity index (χ3n) is 2.35. The van der Waals surface area contributed by atoms with Gasteiger partial charge in [0.2, 0.25) is 6.29 Å². The van der Waals surface area contributed by atoms with Crippen molar-refractivity contribution in [2.24, 2.45) is 0 Å². The van der Waals surface area contributed by atoms with Gasteiger partial charge in [0.25, 0.3) is 0 Å². The van der Waals surface area contributed by atoms with Crippen LogP contribution < -0.4 is 0 Å². The normalized spacial score (nSPS) is 16.9. The molecule has 0 spiro atoms. The Morgan fingerprint density at radius 1 is 1.47 bits per heavy atom. The monoisotopic (exact) mass is 207 g/mol. The summed E-state index contributed by atoms with van der Waals surface area (Å²) in [7, 11) is 0. The van der Waals surface area contributed by atoms with Crippen LogP contribution >= 0.6 is 0 Å². The van der Waals surface area contributed by atoms with Crippen molar-refractivity contribution in [2.75, 3.05) is 13.2 Å². The number of aryl methyl sites for hydroxylation is 1. The van der Waals surface area contributed by atoms with Crippen LogP contribution in [0.4, 0.5) is 0 Å². The predicted octanol–water partition coefficient (Wildman–Crippen LogP) is 1.50.